The zero-order chi connectivity index (χ0) is 31.5. The second kappa shape index (κ2) is 15.8. The minimum absolute atomic E-state index is 0.152. The molecule has 0 saturated carbocycles. The Morgan fingerprint density at radius 2 is 0.929 bits per heavy atom. The lowest BCUT2D eigenvalue weighted by atomic mass is 9.72. The molecule has 0 bridgehead atoms. The van der Waals surface area contributed by atoms with Gasteiger partial charge in [-0.3, -0.25) is 0 Å². The molecule has 0 radical (unpaired) electrons. The van der Waals surface area contributed by atoms with E-state index in [9.17, 15) is 10.2 Å². The summed E-state index contributed by atoms with van der Waals surface area (Å²) in [4.78, 5) is 0. The van der Waals surface area contributed by atoms with E-state index >= 15 is 0 Å². The average Bonchev–Trinajstić information content (AvgIpc) is 2.87. The van der Waals surface area contributed by atoms with Crippen molar-refractivity contribution < 1.29 is 10.2 Å². The van der Waals surface area contributed by atoms with Crippen LogP contribution in [0.25, 0.3) is 0 Å². The third-order valence-corrected chi connectivity index (χ3v) is 8.54. The minimum atomic E-state index is -0.152. The topological polar surface area (TPSA) is 40.5 Å². The van der Waals surface area contributed by atoms with Crippen LogP contribution in [0.4, 0.5) is 0 Å². The normalized spacial score (nSPS) is 22.0. The quantitative estimate of drug-likeness (QED) is 0.203. The van der Waals surface area contributed by atoms with Crippen molar-refractivity contribution in [1.82, 2.24) is 0 Å². The molecule has 0 saturated heterocycles. The zero-order valence-electron chi connectivity index (χ0n) is 28.1. The van der Waals surface area contributed by atoms with Crippen LogP contribution in [-0.4, -0.2) is 10.2 Å². The Kier molecular flexibility index (Phi) is 13.2. The number of allylic oxidation sites excluding steroid dienone is 20. The van der Waals surface area contributed by atoms with Gasteiger partial charge in [0.15, 0.2) is 11.5 Å². The van der Waals surface area contributed by atoms with E-state index in [0.29, 0.717) is 0 Å². The van der Waals surface area contributed by atoms with Gasteiger partial charge in [-0.05, 0) is 125 Å². The lowest BCUT2D eigenvalue weighted by molar-refractivity contribution is 0.351. The first-order chi connectivity index (χ1) is 19.6. The van der Waals surface area contributed by atoms with Crippen LogP contribution in [0.15, 0.2) is 129 Å². The van der Waals surface area contributed by atoms with E-state index < -0.39 is 0 Å². The van der Waals surface area contributed by atoms with Crippen molar-refractivity contribution in [3.8, 4) is 0 Å². The first kappa shape index (κ1) is 34.9. The first-order valence-corrected chi connectivity index (χ1v) is 15.6. The molecular formula is C40H56O2. The molecule has 0 aromatic heterocycles. The Morgan fingerprint density at radius 1 is 0.571 bits per heavy atom. The summed E-state index contributed by atoms with van der Waals surface area (Å²) < 4.78 is 0. The number of hydrogen-bond acceptors (Lipinski definition) is 2. The summed E-state index contributed by atoms with van der Waals surface area (Å²) in [6, 6.07) is 0. The average molecular weight is 569 g/mol. The highest BCUT2D eigenvalue weighted by molar-refractivity contribution is 5.39. The molecular weight excluding hydrogens is 512 g/mol. The summed E-state index contributed by atoms with van der Waals surface area (Å²) in [6.45, 7) is 21.8. The monoisotopic (exact) mass is 568 g/mol. The van der Waals surface area contributed by atoms with Crippen molar-refractivity contribution in [3.63, 3.8) is 0 Å². The Balaban J connectivity index is 2.01. The van der Waals surface area contributed by atoms with E-state index in [1.807, 2.05) is 38.2 Å². The van der Waals surface area contributed by atoms with Gasteiger partial charge < -0.3 is 10.2 Å². The third kappa shape index (κ3) is 11.2. The van der Waals surface area contributed by atoms with Crippen LogP contribution in [0.2, 0.25) is 0 Å². The van der Waals surface area contributed by atoms with E-state index in [1.54, 1.807) is 12.2 Å². The zero-order valence-corrected chi connectivity index (χ0v) is 28.1. The highest BCUT2D eigenvalue weighted by atomic mass is 16.3. The molecule has 0 spiro atoms. The van der Waals surface area contributed by atoms with Crippen LogP contribution in [0.3, 0.4) is 0 Å². The van der Waals surface area contributed by atoms with Gasteiger partial charge in [-0.2, -0.15) is 0 Å². The summed E-state index contributed by atoms with van der Waals surface area (Å²) in [5, 5.41) is 20.8. The van der Waals surface area contributed by atoms with Crippen LogP contribution >= 0.6 is 0 Å². The van der Waals surface area contributed by atoms with E-state index in [0.717, 1.165) is 11.1 Å². The summed E-state index contributed by atoms with van der Waals surface area (Å²) in [7, 11) is 0. The second-order valence-corrected chi connectivity index (χ2v) is 13.6. The maximum absolute atomic E-state index is 10.4. The van der Waals surface area contributed by atoms with Gasteiger partial charge in [0.25, 0.3) is 0 Å². The molecule has 2 heteroatoms. The minimum Gasteiger partial charge on any atom is -0.504 e. The van der Waals surface area contributed by atoms with Crippen molar-refractivity contribution in [1.29, 1.82) is 0 Å². The summed E-state index contributed by atoms with van der Waals surface area (Å²) in [5.74, 6) is -0.304. The van der Waals surface area contributed by atoms with Crippen LogP contribution in [0.1, 0.15) is 108 Å². The molecule has 2 nitrogen and oxygen atoms in total. The highest BCUT2D eigenvalue weighted by Crippen LogP contribution is 2.41. The Labute approximate surface area is 257 Å². The molecule has 2 aliphatic carbocycles. The maximum Gasteiger partial charge on any atom is 0.157 e. The Hall–Kier alpha value is -3.26. The second-order valence-electron chi connectivity index (χ2n) is 13.6. The van der Waals surface area contributed by atoms with Gasteiger partial charge in [0.1, 0.15) is 0 Å². The van der Waals surface area contributed by atoms with Gasteiger partial charge in [-0.25, -0.2) is 0 Å². The number of rotatable bonds is 10. The fourth-order valence-corrected chi connectivity index (χ4v) is 5.94. The van der Waals surface area contributed by atoms with E-state index in [4.69, 9.17) is 0 Å². The van der Waals surface area contributed by atoms with Gasteiger partial charge in [-0.1, -0.05) is 111 Å². The summed E-state index contributed by atoms with van der Waals surface area (Å²) >= 11 is 0. The molecule has 0 amide bonds. The SMILES string of the molecule is CC1=C(/C=C/C(C)=C/C=C/C(C)=C/C(O)=C(O)/C=C(C)/C=C/C=C(C)/C=C/C2=C(C)CCCC2(C)C)C(C)(C)CCC1. The molecule has 0 unspecified atom stereocenters. The maximum atomic E-state index is 10.4. The van der Waals surface area contributed by atoms with Crippen LogP contribution in [0.5, 0.6) is 0 Å². The standard InChI is InChI=1S/C40H56O2/c1-29(21-23-35-33(5)19-13-25-39(35,7)8)15-11-17-31(3)27-37(41)38(42)28-32(4)18-12-16-30(2)22-24-36-34(6)20-14-26-40(36,9)10/h11-12,15-18,21-24,27-28,41-42H,13-14,19-20,25-26H2,1-10H3/b17-11+,18-12+,23-21+,24-22+,29-15+,30-16+,31-27+,32-28+,38-37+. The van der Waals surface area contributed by atoms with Crippen molar-refractivity contribution in [3.05, 3.63) is 129 Å². The fourth-order valence-electron chi connectivity index (χ4n) is 5.94. The molecule has 2 rings (SSSR count). The molecule has 0 atom stereocenters. The van der Waals surface area contributed by atoms with Crippen molar-refractivity contribution in [2.45, 2.75) is 108 Å². The lowest BCUT2D eigenvalue weighted by Gasteiger charge is -2.33. The molecule has 0 aliphatic heterocycles. The van der Waals surface area contributed by atoms with E-state index in [-0.39, 0.29) is 22.3 Å². The van der Waals surface area contributed by atoms with E-state index in [1.165, 1.54) is 72.0 Å². The van der Waals surface area contributed by atoms with Crippen molar-refractivity contribution in [2.75, 3.05) is 0 Å². The van der Waals surface area contributed by atoms with Crippen LogP contribution in [-0.2, 0) is 0 Å². The molecule has 0 aromatic carbocycles. The predicted molar refractivity (Wildman–Crippen MR) is 185 cm³/mol. The van der Waals surface area contributed by atoms with Gasteiger partial charge in [-0.15, -0.1) is 0 Å². The Morgan fingerprint density at radius 3 is 1.26 bits per heavy atom. The smallest absolute Gasteiger partial charge is 0.157 e. The molecule has 42 heavy (non-hydrogen) atoms. The fraction of sp³-hybridized carbons (Fsp3) is 0.450. The van der Waals surface area contributed by atoms with Crippen LogP contribution < -0.4 is 0 Å². The van der Waals surface area contributed by atoms with E-state index in [2.05, 4.69) is 91.8 Å². The van der Waals surface area contributed by atoms with Crippen molar-refractivity contribution in [2.24, 2.45) is 10.8 Å². The molecule has 0 heterocycles. The highest BCUT2D eigenvalue weighted by Gasteiger charge is 2.27. The number of aliphatic hydroxyl groups is 2. The number of aliphatic hydroxyl groups excluding tert-OH is 2. The van der Waals surface area contributed by atoms with Gasteiger partial charge in [0.05, 0.1) is 0 Å². The number of hydrogen-bond donors (Lipinski definition) is 2. The molecule has 228 valence electrons. The van der Waals surface area contributed by atoms with Crippen molar-refractivity contribution >= 4 is 0 Å². The van der Waals surface area contributed by atoms with Gasteiger partial charge in [0.2, 0.25) is 0 Å². The summed E-state index contributed by atoms with van der Waals surface area (Å²) in [6.07, 6.45) is 31.4. The molecule has 2 N–H and O–H groups in total. The predicted octanol–water partition coefficient (Wildman–Crippen LogP) is 12.4. The molecule has 0 fully saturated rings. The Bertz CT molecular complexity index is 1220. The van der Waals surface area contributed by atoms with Gasteiger partial charge >= 0.3 is 0 Å². The third-order valence-electron chi connectivity index (χ3n) is 8.54. The first-order valence-electron chi connectivity index (χ1n) is 15.6. The van der Waals surface area contributed by atoms with Crippen LogP contribution in [0, 0.1) is 10.8 Å². The van der Waals surface area contributed by atoms with Gasteiger partial charge in [0, 0.05) is 0 Å². The molecule has 2 aliphatic rings. The lowest BCUT2D eigenvalue weighted by Crippen LogP contribution is -2.19. The molecule has 0 aromatic rings. The largest absolute Gasteiger partial charge is 0.504 e. The summed E-state index contributed by atoms with van der Waals surface area (Å²) in [5.41, 5.74) is 10.4.